The van der Waals surface area contributed by atoms with Crippen molar-refractivity contribution in [1.29, 1.82) is 0 Å². The Bertz CT molecular complexity index is 936. The second kappa shape index (κ2) is 7.86. The number of esters is 1. The minimum Gasteiger partial charge on any atom is -0.462 e. The molecular weight excluding hydrogens is 348 g/mol. The molecule has 2 heterocycles. The van der Waals surface area contributed by atoms with Crippen LogP contribution in [0.15, 0.2) is 35.7 Å². The molecule has 0 fully saturated rings. The highest BCUT2D eigenvalue weighted by Crippen LogP contribution is 2.29. The quantitative estimate of drug-likeness (QED) is 0.479. The first-order chi connectivity index (χ1) is 12.5. The lowest BCUT2D eigenvalue weighted by molar-refractivity contribution is 0.0524. The molecule has 0 saturated carbocycles. The van der Waals surface area contributed by atoms with Crippen molar-refractivity contribution in [3.8, 4) is 0 Å². The number of fused-ring (bicyclic) bond motifs is 1. The lowest BCUT2D eigenvalue weighted by Gasteiger charge is -2.14. The van der Waals surface area contributed by atoms with Crippen molar-refractivity contribution in [2.45, 2.75) is 44.6 Å². The van der Waals surface area contributed by atoms with Gasteiger partial charge in [-0.1, -0.05) is 30.0 Å². The molecule has 0 saturated heterocycles. The van der Waals surface area contributed by atoms with Crippen LogP contribution in [-0.2, 0) is 10.5 Å². The highest BCUT2D eigenvalue weighted by molar-refractivity contribution is 7.98. The van der Waals surface area contributed by atoms with E-state index >= 15 is 0 Å². The van der Waals surface area contributed by atoms with Gasteiger partial charge in [-0.25, -0.2) is 4.79 Å². The summed E-state index contributed by atoms with van der Waals surface area (Å²) in [6.07, 6.45) is 1.72. The summed E-state index contributed by atoms with van der Waals surface area (Å²) in [5.74, 6) is 0.190. The first-order valence-corrected chi connectivity index (χ1v) is 9.59. The Morgan fingerprint density at radius 1 is 1.31 bits per heavy atom. The normalized spacial score (nSPS) is 11.3. The zero-order valence-corrected chi connectivity index (χ0v) is 16.2. The molecular formula is C19H22N4O2S. The summed E-state index contributed by atoms with van der Waals surface area (Å²) < 4.78 is 7.28. The first kappa shape index (κ1) is 18.4. The topological polar surface area (TPSA) is 69.9 Å². The van der Waals surface area contributed by atoms with Crippen LogP contribution in [0.25, 0.3) is 10.9 Å². The smallest absolute Gasteiger partial charge is 0.340 e. The maximum atomic E-state index is 12.6. The number of carbonyl (C=O) groups excluding carboxylic acids is 1. The van der Waals surface area contributed by atoms with Gasteiger partial charge in [0.2, 0.25) is 0 Å². The highest BCUT2D eigenvalue weighted by Gasteiger charge is 2.20. The van der Waals surface area contributed by atoms with Crippen LogP contribution in [0.5, 0.6) is 0 Å². The zero-order valence-electron chi connectivity index (χ0n) is 15.4. The molecule has 0 aliphatic rings. The van der Waals surface area contributed by atoms with Gasteiger partial charge in [-0.05, 0) is 39.3 Å². The molecule has 1 aromatic carbocycles. The monoisotopic (exact) mass is 370 g/mol. The molecule has 0 aliphatic heterocycles. The van der Waals surface area contributed by atoms with Crippen LogP contribution < -0.4 is 0 Å². The number of nitrogens with zero attached hydrogens (tertiary/aromatic N) is 4. The van der Waals surface area contributed by atoms with Crippen molar-refractivity contribution in [2.24, 2.45) is 0 Å². The average molecular weight is 370 g/mol. The van der Waals surface area contributed by atoms with E-state index in [-0.39, 0.29) is 12.0 Å². The summed E-state index contributed by atoms with van der Waals surface area (Å²) in [5, 5.41) is 9.95. The lowest BCUT2D eigenvalue weighted by Crippen LogP contribution is -2.12. The number of para-hydroxylation sites is 1. The number of aryl methyl sites for hydroxylation is 1. The molecule has 2 aromatic heterocycles. The predicted octanol–water partition coefficient (Wildman–Crippen LogP) is 4.18. The van der Waals surface area contributed by atoms with Crippen LogP contribution in [0, 0.1) is 6.92 Å². The van der Waals surface area contributed by atoms with Crippen LogP contribution in [0.1, 0.15) is 48.4 Å². The predicted molar refractivity (Wildman–Crippen MR) is 102 cm³/mol. The summed E-state index contributed by atoms with van der Waals surface area (Å²) >= 11 is 1.52. The van der Waals surface area contributed by atoms with E-state index in [4.69, 9.17) is 9.72 Å². The molecule has 7 heteroatoms. The number of benzene rings is 1. The zero-order chi connectivity index (χ0) is 18.7. The Labute approximate surface area is 157 Å². The van der Waals surface area contributed by atoms with Gasteiger partial charge in [0.1, 0.15) is 6.33 Å². The fraction of sp³-hybridized carbons (Fsp3) is 0.368. The van der Waals surface area contributed by atoms with Crippen molar-refractivity contribution < 1.29 is 9.53 Å². The number of thioether (sulfide) groups is 1. The Hall–Kier alpha value is -2.41. The van der Waals surface area contributed by atoms with Crippen molar-refractivity contribution in [1.82, 2.24) is 19.7 Å². The molecule has 6 nitrogen and oxygen atoms in total. The van der Waals surface area contributed by atoms with E-state index in [1.54, 1.807) is 13.3 Å². The number of aromatic nitrogens is 4. The van der Waals surface area contributed by atoms with Gasteiger partial charge in [0, 0.05) is 17.2 Å². The molecule has 0 bridgehead atoms. The van der Waals surface area contributed by atoms with Gasteiger partial charge >= 0.3 is 5.97 Å². The summed E-state index contributed by atoms with van der Waals surface area (Å²) in [7, 11) is 0. The summed E-state index contributed by atoms with van der Waals surface area (Å²) in [5.41, 5.74) is 3.03. The SMILES string of the molecule is CCOC(=O)c1c(CSc2nncn2C(C)C)nc2ccccc2c1C. The summed E-state index contributed by atoms with van der Waals surface area (Å²) in [6.45, 7) is 8.24. The third kappa shape index (κ3) is 3.58. The molecule has 0 aliphatic carbocycles. The van der Waals surface area contributed by atoms with Gasteiger partial charge in [-0.15, -0.1) is 10.2 Å². The first-order valence-electron chi connectivity index (χ1n) is 8.60. The van der Waals surface area contributed by atoms with Crippen LogP contribution in [0.4, 0.5) is 0 Å². The van der Waals surface area contributed by atoms with E-state index in [1.807, 2.05) is 35.8 Å². The second-order valence-electron chi connectivity index (χ2n) is 6.20. The van der Waals surface area contributed by atoms with E-state index < -0.39 is 0 Å². The maximum absolute atomic E-state index is 12.6. The fourth-order valence-corrected chi connectivity index (χ4v) is 3.83. The maximum Gasteiger partial charge on any atom is 0.340 e. The third-order valence-corrected chi connectivity index (χ3v) is 5.11. The molecule has 136 valence electrons. The van der Waals surface area contributed by atoms with Crippen molar-refractivity contribution >= 4 is 28.6 Å². The van der Waals surface area contributed by atoms with E-state index in [9.17, 15) is 4.79 Å². The molecule has 26 heavy (non-hydrogen) atoms. The Morgan fingerprint density at radius 3 is 2.81 bits per heavy atom. The lowest BCUT2D eigenvalue weighted by atomic mass is 10.0. The van der Waals surface area contributed by atoms with Gasteiger partial charge < -0.3 is 9.30 Å². The third-order valence-electron chi connectivity index (χ3n) is 4.14. The molecule has 3 rings (SSSR count). The van der Waals surface area contributed by atoms with E-state index in [2.05, 4.69) is 24.0 Å². The van der Waals surface area contributed by atoms with Gasteiger partial charge in [0.25, 0.3) is 0 Å². The van der Waals surface area contributed by atoms with Gasteiger partial charge in [-0.2, -0.15) is 0 Å². The Morgan fingerprint density at radius 2 is 2.08 bits per heavy atom. The standard InChI is InChI=1S/C19H22N4O2S/c1-5-25-18(24)17-13(4)14-8-6-7-9-15(14)21-16(17)10-26-19-22-20-11-23(19)12(2)3/h6-9,11-12H,5,10H2,1-4H3. The van der Waals surface area contributed by atoms with Gasteiger partial charge in [0.05, 0.1) is 23.4 Å². The van der Waals surface area contributed by atoms with Gasteiger partial charge in [-0.3, -0.25) is 4.98 Å². The van der Waals surface area contributed by atoms with Gasteiger partial charge in [0.15, 0.2) is 5.16 Å². The van der Waals surface area contributed by atoms with Crippen LogP contribution in [0.2, 0.25) is 0 Å². The van der Waals surface area contributed by atoms with Crippen molar-refractivity contribution in [3.05, 3.63) is 47.4 Å². The number of ether oxygens (including phenoxy) is 1. The molecule has 0 unspecified atom stereocenters. The van der Waals surface area contributed by atoms with E-state index in [0.717, 1.165) is 21.6 Å². The number of rotatable bonds is 6. The van der Waals surface area contributed by atoms with Crippen molar-refractivity contribution in [2.75, 3.05) is 6.61 Å². The number of carbonyl (C=O) groups is 1. The number of hydrogen-bond donors (Lipinski definition) is 0. The molecule has 0 atom stereocenters. The van der Waals surface area contributed by atoms with Crippen molar-refractivity contribution in [3.63, 3.8) is 0 Å². The summed E-state index contributed by atoms with van der Waals surface area (Å²) in [4.78, 5) is 17.3. The summed E-state index contributed by atoms with van der Waals surface area (Å²) in [6, 6.07) is 8.11. The number of hydrogen-bond acceptors (Lipinski definition) is 6. The molecule has 3 aromatic rings. The molecule has 0 radical (unpaired) electrons. The Balaban J connectivity index is 2.01. The van der Waals surface area contributed by atoms with Crippen LogP contribution in [0.3, 0.4) is 0 Å². The minimum absolute atomic E-state index is 0.267. The van der Waals surface area contributed by atoms with E-state index in [0.29, 0.717) is 23.6 Å². The van der Waals surface area contributed by atoms with E-state index in [1.165, 1.54) is 11.8 Å². The number of pyridine rings is 1. The minimum atomic E-state index is -0.329. The molecule has 0 spiro atoms. The molecule has 0 N–H and O–H groups in total. The fourth-order valence-electron chi connectivity index (χ4n) is 2.84. The average Bonchev–Trinajstić information content (AvgIpc) is 3.09. The largest absolute Gasteiger partial charge is 0.462 e. The van der Waals surface area contributed by atoms with Crippen LogP contribution in [-0.4, -0.2) is 32.3 Å². The highest BCUT2D eigenvalue weighted by atomic mass is 32.2. The Kier molecular flexibility index (Phi) is 5.56. The molecule has 0 amide bonds. The van der Waals surface area contributed by atoms with Crippen LogP contribution >= 0.6 is 11.8 Å². The second-order valence-corrected chi connectivity index (χ2v) is 7.14.